The van der Waals surface area contributed by atoms with Crippen LogP contribution in [0.5, 0.6) is 0 Å². The summed E-state index contributed by atoms with van der Waals surface area (Å²) in [5.41, 5.74) is -1.19. The van der Waals surface area contributed by atoms with Gasteiger partial charge in [-0.1, -0.05) is 5.21 Å². The van der Waals surface area contributed by atoms with Crippen molar-refractivity contribution in [2.24, 2.45) is 7.05 Å². The van der Waals surface area contributed by atoms with Gasteiger partial charge in [0.2, 0.25) is 5.03 Å². The molecular formula is C9H15BrN4O4S. The van der Waals surface area contributed by atoms with Gasteiger partial charge in [-0.25, -0.2) is 17.8 Å². The first-order chi connectivity index (χ1) is 8.76. The van der Waals surface area contributed by atoms with Gasteiger partial charge in [0, 0.05) is 26.6 Å². The molecule has 0 radical (unpaired) electrons. The Morgan fingerprint density at radius 1 is 1.68 bits per heavy atom. The van der Waals surface area contributed by atoms with Crippen LogP contribution < -0.4 is 4.72 Å². The molecule has 0 saturated carbocycles. The SMILES string of the molecule is CC1OCCC1(O)CNS(=O)(=O)c1c(Br)nnn1C. The average molecular weight is 355 g/mol. The van der Waals surface area contributed by atoms with E-state index in [0.717, 1.165) is 4.68 Å². The molecule has 8 nitrogen and oxygen atoms in total. The molecule has 2 unspecified atom stereocenters. The van der Waals surface area contributed by atoms with E-state index in [1.807, 2.05) is 0 Å². The summed E-state index contributed by atoms with van der Waals surface area (Å²) in [6, 6.07) is 0. The van der Waals surface area contributed by atoms with Crippen molar-refractivity contribution >= 4 is 26.0 Å². The Morgan fingerprint density at radius 2 is 2.37 bits per heavy atom. The molecule has 19 heavy (non-hydrogen) atoms. The Hall–Kier alpha value is -0.550. The number of sulfonamides is 1. The molecule has 0 aliphatic carbocycles. The van der Waals surface area contributed by atoms with E-state index in [2.05, 4.69) is 31.0 Å². The molecule has 1 aromatic heterocycles. The van der Waals surface area contributed by atoms with Crippen LogP contribution in [0.1, 0.15) is 13.3 Å². The summed E-state index contributed by atoms with van der Waals surface area (Å²) >= 11 is 3.03. The van der Waals surface area contributed by atoms with Crippen molar-refractivity contribution in [2.45, 2.75) is 30.1 Å². The maximum atomic E-state index is 12.1. The summed E-state index contributed by atoms with van der Waals surface area (Å²) in [5, 5.41) is 17.4. The summed E-state index contributed by atoms with van der Waals surface area (Å²) in [6.07, 6.45) is -0.0232. The lowest BCUT2D eigenvalue weighted by Gasteiger charge is -2.25. The second-order valence-corrected chi connectivity index (χ2v) is 6.93. The maximum absolute atomic E-state index is 12.1. The summed E-state index contributed by atoms with van der Waals surface area (Å²) in [7, 11) is -2.33. The van der Waals surface area contributed by atoms with Gasteiger partial charge < -0.3 is 9.84 Å². The van der Waals surface area contributed by atoms with Crippen LogP contribution in [0, 0.1) is 0 Å². The molecule has 2 atom stereocenters. The van der Waals surface area contributed by atoms with Crippen LogP contribution in [-0.2, 0) is 21.8 Å². The topological polar surface area (TPSA) is 106 Å². The molecule has 1 aliphatic rings. The van der Waals surface area contributed by atoms with Gasteiger partial charge in [-0.15, -0.1) is 5.10 Å². The minimum atomic E-state index is -3.80. The molecule has 0 amide bonds. The largest absolute Gasteiger partial charge is 0.386 e. The second-order valence-electron chi connectivity index (χ2n) is 4.50. The van der Waals surface area contributed by atoms with Gasteiger partial charge in [0.1, 0.15) is 5.60 Å². The minimum Gasteiger partial charge on any atom is -0.386 e. The number of nitrogens with one attached hydrogen (secondary N) is 1. The number of hydrogen-bond donors (Lipinski definition) is 2. The number of aryl methyl sites for hydroxylation is 1. The lowest BCUT2D eigenvalue weighted by molar-refractivity contribution is -0.0228. The number of nitrogens with zero attached hydrogens (tertiary/aromatic N) is 3. The number of ether oxygens (including phenoxy) is 1. The molecule has 1 saturated heterocycles. The Labute approximate surface area is 119 Å². The van der Waals surface area contributed by atoms with Gasteiger partial charge in [-0.3, -0.25) is 0 Å². The number of hydrogen-bond acceptors (Lipinski definition) is 6. The molecule has 1 aliphatic heterocycles. The fraction of sp³-hybridized carbons (Fsp3) is 0.778. The van der Waals surface area contributed by atoms with Crippen LogP contribution in [0.2, 0.25) is 0 Å². The monoisotopic (exact) mass is 354 g/mol. The first kappa shape index (κ1) is 14.9. The first-order valence-electron chi connectivity index (χ1n) is 5.65. The molecule has 2 rings (SSSR count). The molecule has 10 heteroatoms. The smallest absolute Gasteiger partial charge is 0.260 e. The van der Waals surface area contributed by atoms with Crippen LogP contribution in [0.15, 0.2) is 9.63 Å². The molecule has 0 aromatic carbocycles. The van der Waals surface area contributed by atoms with Crippen molar-refractivity contribution in [1.29, 1.82) is 0 Å². The van der Waals surface area contributed by atoms with Crippen LogP contribution in [0.3, 0.4) is 0 Å². The van der Waals surface area contributed by atoms with E-state index in [9.17, 15) is 13.5 Å². The zero-order valence-corrected chi connectivity index (χ0v) is 12.9. The van der Waals surface area contributed by atoms with Crippen molar-refractivity contribution in [2.75, 3.05) is 13.2 Å². The lowest BCUT2D eigenvalue weighted by Crippen LogP contribution is -2.47. The average Bonchev–Trinajstić information content (AvgIpc) is 2.82. The van der Waals surface area contributed by atoms with Crippen molar-refractivity contribution in [3.63, 3.8) is 0 Å². The minimum absolute atomic E-state index is 0.0809. The molecule has 1 aromatic rings. The summed E-state index contributed by atoms with van der Waals surface area (Å²) in [5.74, 6) is 0. The van der Waals surface area contributed by atoms with Crippen molar-refractivity contribution in [3.8, 4) is 0 Å². The van der Waals surface area contributed by atoms with Gasteiger partial charge in [-0.05, 0) is 22.9 Å². The predicted octanol–water partition coefficient (Wildman–Crippen LogP) is -0.604. The van der Waals surface area contributed by atoms with Crippen LogP contribution in [0.25, 0.3) is 0 Å². The summed E-state index contributed by atoms with van der Waals surface area (Å²) < 4.78 is 33.2. The fourth-order valence-corrected chi connectivity index (χ4v) is 4.09. The van der Waals surface area contributed by atoms with Crippen LogP contribution >= 0.6 is 15.9 Å². The van der Waals surface area contributed by atoms with Crippen LogP contribution in [-0.4, -0.2) is 53.4 Å². The van der Waals surface area contributed by atoms with Gasteiger partial charge in [-0.2, -0.15) is 0 Å². The van der Waals surface area contributed by atoms with Crippen molar-refractivity contribution in [1.82, 2.24) is 19.7 Å². The molecular weight excluding hydrogens is 340 g/mol. The Bertz CT molecular complexity index is 555. The van der Waals surface area contributed by atoms with E-state index in [1.54, 1.807) is 6.92 Å². The molecule has 2 heterocycles. The predicted molar refractivity (Wildman–Crippen MR) is 68.9 cm³/mol. The summed E-state index contributed by atoms with van der Waals surface area (Å²) in [6.45, 7) is 2.01. The highest BCUT2D eigenvalue weighted by atomic mass is 79.9. The van der Waals surface area contributed by atoms with Gasteiger partial charge in [0.15, 0.2) is 4.60 Å². The number of rotatable bonds is 4. The number of aromatic nitrogens is 3. The maximum Gasteiger partial charge on any atom is 0.260 e. The zero-order valence-electron chi connectivity index (χ0n) is 10.5. The Kier molecular flexibility index (Phi) is 3.98. The molecule has 1 fully saturated rings. The molecule has 108 valence electrons. The van der Waals surface area contributed by atoms with Crippen molar-refractivity contribution in [3.05, 3.63) is 4.60 Å². The van der Waals surface area contributed by atoms with Crippen LogP contribution in [0.4, 0.5) is 0 Å². The Morgan fingerprint density at radius 3 is 2.84 bits per heavy atom. The Balaban J connectivity index is 2.15. The van der Waals surface area contributed by atoms with E-state index in [0.29, 0.717) is 13.0 Å². The highest BCUT2D eigenvalue weighted by Gasteiger charge is 2.40. The molecule has 2 N–H and O–H groups in total. The third-order valence-corrected chi connectivity index (χ3v) is 5.51. The normalized spacial score (nSPS) is 27.9. The standard InChI is InChI=1S/C9H15BrN4O4S/c1-6-9(15,3-4-18-6)5-11-19(16,17)8-7(10)12-13-14(8)2/h6,11,15H,3-5H2,1-2H3. The molecule has 0 spiro atoms. The molecule has 0 bridgehead atoms. The zero-order chi connectivity index (χ0) is 14.3. The summed E-state index contributed by atoms with van der Waals surface area (Å²) in [4.78, 5) is 0. The highest BCUT2D eigenvalue weighted by molar-refractivity contribution is 9.10. The second kappa shape index (κ2) is 5.09. The third-order valence-electron chi connectivity index (χ3n) is 3.22. The van der Waals surface area contributed by atoms with E-state index in [1.165, 1.54) is 7.05 Å². The fourth-order valence-electron chi connectivity index (χ4n) is 1.90. The van der Waals surface area contributed by atoms with Gasteiger partial charge >= 0.3 is 0 Å². The number of halogens is 1. The van der Waals surface area contributed by atoms with E-state index < -0.39 is 21.7 Å². The highest BCUT2D eigenvalue weighted by Crippen LogP contribution is 2.26. The lowest BCUT2D eigenvalue weighted by atomic mass is 9.97. The quantitative estimate of drug-likeness (QED) is 0.747. The number of aliphatic hydroxyl groups is 1. The first-order valence-corrected chi connectivity index (χ1v) is 7.93. The van der Waals surface area contributed by atoms with E-state index in [4.69, 9.17) is 4.74 Å². The van der Waals surface area contributed by atoms with Crippen molar-refractivity contribution < 1.29 is 18.3 Å². The van der Waals surface area contributed by atoms with Gasteiger partial charge in [0.25, 0.3) is 10.0 Å². The van der Waals surface area contributed by atoms with E-state index in [-0.39, 0.29) is 16.2 Å². The third kappa shape index (κ3) is 2.82. The van der Waals surface area contributed by atoms with E-state index >= 15 is 0 Å². The van der Waals surface area contributed by atoms with Gasteiger partial charge in [0.05, 0.1) is 6.10 Å².